The van der Waals surface area contributed by atoms with E-state index in [9.17, 15) is 4.79 Å². The Hall–Kier alpha value is -1.23. The van der Waals surface area contributed by atoms with Gasteiger partial charge >= 0.3 is 6.09 Å². The van der Waals surface area contributed by atoms with Gasteiger partial charge in [-0.25, -0.2) is 4.79 Å². The smallest absolute Gasteiger partial charge is 0.410 e. The first kappa shape index (κ1) is 14.2. The second-order valence-corrected chi connectivity index (χ2v) is 6.70. The molecule has 0 aliphatic carbocycles. The molecule has 4 nitrogen and oxygen atoms in total. The van der Waals surface area contributed by atoms with Crippen LogP contribution < -0.4 is 5.32 Å². The van der Waals surface area contributed by atoms with Crippen molar-refractivity contribution >= 4 is 23.1 Å². The summed E-state index contributed by atoms with van der Waals surface area (Å²) in [6.07, 6.45) is 1.90. The molecule has 1 unspecified atom stereocenters. The van der Waals surface area contributed by atoms with Crippen LogP contribution in [0.1, 0.15) is 33.6 Å². The van der Waals surface area contributed by atoms with Crippen molar-refractivity contribution < 1.29 is 9.53 Å². The number of piperidine rings is 1. The Bertz CT molecular complexity index is 412. The summed E-state index contributed by atoms with van der Waals surface area (Å²) in [5.41, 5.74) is 0.714. The molecule has 2 heterocycles. The number of hydrogen-bond acceptors (Lipinski definition) is 4. The Morgan fingerprint density at radius 1 is 1.53 bits per heavy atom. The maximum atomic E-state index is 12.0. The maximum absolute atomic E-state index is 12.0. The van der Waals surface area contributed by atoms with Crippen molar-refractivity contribution in [2.75, 3.05) is 18.4 Å². The quantitative estimate of drug-likeness (QED) is 0.901. The molecule has 0 aromatic carbocycles. The SMILES string of the molecule is CC(C)(C)OC(=O)N1CCCC(Nc2ccsc2)C1. The third-order valence-corrected chi connectivity index (χ3v) is 3.65. The highest BCUT2D eigenvalue weighted by atomic mass is 32.1. The minimum Gasteiger partial charge on any atom is -0.444 e. The van der Waals surface area contributed by atoms with Gasteiger partial charge in [0.2, 0.25) is 0 Å². The summed E-state index contributed by atoms with van der Waals surface area (Å²) in [5.74, 6) is 0. The van der Waals surface area contributed by atoms with Crippen LogP contribution in [0.3, 0.4) is 0 Å². The van der Waals surface area contributed by atoms with Crippen LogP contribution in [0.5, 0.6) is 0 Å². The number of likely N-dealkylation sites (tertiary alicyclic amines) is 1. The van der Waals surface area contributed by atoms with Crippen LogP contribution in [0.2, 0.25) is 0 Å². The molecule has 1 atom stereocenters. The Kier molecular flexibility index (Phi) is 4.34. The average molecular weight is 282 g/mol. The molecule has 1 aromatic rings. The van der Waals surface area contributed by atoms with E-state index in [0.717, 1.165) is 25.1 Å². The largest absolute Gasteiger partial charge is 0.444 e. The Morgan fingerprint density at radius 3 is 2.95 bits per heavy atom. The third-order valence-electron chi connectivity index (χ3n) is 2.97. The lowest BCUT2D eigenvalue weighted by Crippen LogP contribution is -2.46. The first-order valence-electron chi connectivity index (χ1n) is 6.71. The van der Waals surface area contributed by atoms with Crippen LogP contribution >= 0.6 is 11.3 Å². The lowest BCUT2D eigenvalue weighted by molar-refractivity contribution is 0.0206. The van der Waals surface area contributed by atoms with E-state index in [1.807, 2.05) is 20.8 Å². The minimum atomic E-state index is -0.426. The molecule has 5 heteroatoms. The van der Waals surface area contributed by atoms with E-state index in [4.69, 9.17) is 4.74 Å². The second-order valence-electron chi connectivity index (χ2n) is 5.92. The molecule has 0 spiro atoms. The van der Waals surface area contributed by atoms with Crippen LogP contribution in [-0.2, 0) is 4.74 Å². The topological polar surface area (TPSA) is 41.6 Å². The molecular formula is C14H22N2O2S. The minimum absolute atomic E-state index is 0.204. The standard InChI is InChI=1S/C14H22N2O2S/c1-14(2,3)18-13(17)16-7-4-5-11(9-16)15-12-6-8-19-10-12/h6,8,10-11,15H,4-5,7,9H2,1-3H3. The van der Waals surface area contributed by atoms with E-state index in [1.165, 1.54) is 0 Å². The fourth-order valence-corrected chi connectivity index (χ4v) is 2.77. The normalized spacial score (nSPS) is 20.2. The maximum Gasteiger partial charge on any atom is 0.410 e. The number of amides is 1. The van der Waals surface area contributed by atoms with E-state index in [-0.39, 0.29) is 6.09 Å². The van der Waals surface area contributed by atoms with Gasteiger partial charge in [0.05, 0.1) is 0 Å². The van der Waals surface area contributed by atoms with Gasteiger partial charge in [-0.1, -0.05) is 0 Å². The molecule has 106 valence electrons. The summed E-state index contributed by atoms with van der Waals surface area (Å²) in [6, 6.07) is 2.38. The molecule has 0 radical (unpaired) electrons. The van der Waals surface area contributed by atoms with Gasteiger partial charge in [0, 0.05) is 30.2 Å². The summed E-state index contributed by atoms with van der Waals surface area (Å²) in [5, 5.41) is 7.61. The number of nitrogens with one attached hydrogen (secondary N) is 1. The molecule has 1 saturated heterocycles. The highest BCUT2D eigenvalue weighted by molar-refractivity contribution is 7.08. The number of hydrogen-bond donors (Lipinski definition) is 1. The van der Waals surface area contributed by atoms with Crippen LogP contribution in [0.15, 0.2) is 16.8 Å². The predicted octanol–water partition coefficient (Wildman–Crippen LogP) is 3.56. The summed E-state index contributed by atoms with van der Waals surface area (Å²) in [4.78, 5) is 13.8. The summed E-state index contributed by atoms with van der Waals surface area (Å²) in [6.45, 7) is 7.20. The zero-order valence-corrected chi connectivity index (χ0v) is 12.6. The molecule has 1 amide bonds. The van der Waals surface area contributed by atoms with Crippen LogP contribution in [0.4, 0.5) is 10.5 Å². The molecule has 1 fully saturated rings. The van der Waals surface area contributed by atoms with Crippen molar-refractivity contribution in [3.63, 3.8) is 0 Å². The van der Waals surface area contributed by atoms with Gasteiger partial charge in [-0.15, -0.1) is 0 Å². The van der Waals surface area contributed by atoms with Crippen molar-refractivity contribution in [1.82, 2.24) is 4.90 Å². The zero-order chi connectivity index (χ0) is 13.9. The number of nitrogens with zero attached hydrogens (tertiary/aromatic N) is 1. The molecule has 0 bridgehead atoms. The molecule has 1 aromatic heterocycles. The van der Waals surface area contributed by atoms with E-state index < -0.39 is 5.60 Å². The Labute approximate surface area is 118 Å². The third kappa shape index (κ3) is 4.42. The van der Waals surface area contributed by atoms with Crippen molar-refractivity contribution in [2.45, 2.75) is 45.3 Å². The van der Waals surface area contributed by atoms with Gasteiger partial charge in [-0.2, -0.15) is 11.3 Å². The van der Waals surface area contributed by atoms with E-state index in [0.29, 0.717) is 12.6 Å². The number of carbonyl (C=O) groups is 1. The van der Waals surface area contributed by atoms with Gasteiger partial charge in [-0.3, -0.25) is 0 Å². The Morgan fingerprint density at radius 2 is 2.32 bits per heavy atom. The van der Waals surface area contributed by atoms with Crippen molar-refractivity contribution in [3.8, 4) is 0 Å². The highest BCUT2D eigenvalue weighted by Crippen LogP contribution is 2.20. The summed E-state index contributed by atoms with van der Waals surface area (Å²) >= 11 is 1.68. The molecular weight excluding hydrogens is 260 g/mol. The number of thiophene rings is 1. The van der Waals surface area contributed by atoms with Gasteiger partial charge in [0.15, 0.2) is 0 Å². The van der Waals surface area contributed by atoms with Crippen LogP contribution in [0, 0.1) is 0 Å². The lowest BCUT2D eigenvalue weighted by atomic mass is 10.1. The summed E-state index contributed by atoms with van der Waals surface area (Å²) in [7, 11) is 0. The molecule has 1 N–H and O–H groups in total. The van der Waals surface area contributed by atoms with Gasteiger partial charge in [0.1, 0.15) is 5.60 Å². The fraction of sp³-hybridized carbons (Fsp3) is 0.643. The molecule has 1 aliphatic rings. The predicted molar refractivity (Wildman–Crippen MR) is 78.8 cm³/mol. The summed E-state index contributed by atoms with van der Waals surface area (Å²) < 4.78 is 5.42. The molecule has 1 aliphatic heterocycles. The number of carbonyl (C=O) groups excluding carboxylic acids is 1. The lowest BCUT2D eigenvalue weighted by Gasteiger charge is -2.34. The first-order valence-corrected chi connectivity index (χ1v) is 7.65. The van der Waals surface area contributed by atoms with Crippen molar-refractivity contribution in [2.24, 2.45) is 0 Å². The number of ether oxygens (including phenoxy) is 1. The van der Waals surface area contributed by atoms with Gasteiger partial charge in [-0.05, 0) is 45.1 Å². The van der Waals surface area contributed by atoms with Gasteiger partial charge in [0.25, 0.3) is 0 Å². The van der Waals surface area contributed by atoms with Crippen LogP contribution in [-0.4, -0.2) is 35.7 Å². The van der Waals surface area contributed by atoms with Gasteiger partial charge < -0.3 is 15.0 Å². The molecule has 0 saturated carbocycles. The monoisotopic (exact) mass is 282 g/mol. The molecule has 2 rings (SSSR count). The van der Waals surface area contributed by atoms with E-state index in [2.05, 4.69) is 22.1 Å². The molecule has 19 heavy (non-hydrogen) atoms. The fourth-order valence-electron chi connectivity index (χ4n) is 2.17. The zero-order valence-electron chi connectivity index (χ0n) is 11.8. The van der Waals surface area contributed by atoms with E-state index in [1.54, 1.807) is 16.2 Å². The highest BCUT2D eigenvalue weighted by Gasteiger charge is 2.27. The number of rotatable bonds is 2. The number of anilines is 1. The van der Waals surface area contributed by atoms with Crippen LogP contribution in [0.25, 0.3) is 0 Å². The van der Waals surface area contributed by atoms with Crippen molar-refractivity contribution in [1.29, 1.82) is 0 Å². The first-order chi connectivity index (χ1) is 8.94. The average Bonchev–Trinajstić information content (AvgIpc) is 2.80. The Balaban J connectivity index is 1.88. The van der Waals surface area contributed by atoms with Crippen molar-refractivity contribution in [3.05, 3.63) is 16.8 Å². The van der Waals surface area contributed by atoms with E-state index >= 15 is 0 Å². The second kappa shape index (κ2) is 5.82.